The second-order valence-electron chi connectivity index (χ2n) is 5.28. The van der Waals surface area contributed by atoms with Crippen molar-refractivity contribution >= 4 is 11.9 Å². The summed E-state index contributed by atoms with van der Waals surface area (Å²) in [7, 11) is 0. The first-order valence-electron chi connectivity index (χ1n) is 5.58. The van der Waals surface area contributed by atoms with Gasteiger partial charge in [0.1, 0.15) is 0 Å². The van der Waals surface area contributed by atoms with Gasteiger partial charge in [-0.3, -0.25) is 9.59 Å². The predicted molar refractivity (Wildman–Crippen MR) is 61.0 cm³/mol. The summed E-state index contributed by atoms with van der Waals surface area (Å²) in [5.41, 5.74) is -0.507. The molecule has 0 aliphatic rings. The van der Waals surface area contributed by atoms with Gasteiger partial charge in [0.15, 0.2) is 0 Å². The number of esters is 1. The first-order chi connectivity index (χ1) is 7.14. The number of aliphatic carboxylic acids is 1. The van der Waals surface area contributed by atoms with Crippen LogP contribution in [0, 0.1) is 11.3 Å². The summed E-state index contributed by atoms with van der Waals surface area (Å²) in [6, 6.07) is 0. The third-order valence-electron chi connectivity index (χ3n) is 2.35. The average molecular weight is 230 g/mol. The van der Waals surface area contributed by atoms with E-state index >= 15 is 0 Å². The normalized spacial score (nSPS) is 15.3. The maximum absolute atomic E-state index is 11.5. The molecule has 0 saturated heterocycles. The molecule has 0 bridgehead atoms. The molecule has 0 amide bonds. The average Bonchev–Trinajstić information content (AvgIpc) is 2.12. The quantitative estimate of drug-likeness (QED) is 0.737. The van der Waals surface area contributed by atoms with Crippen LogP contribution in [0.1, 0.15) is 47.5 Å². The van der Waals surface area contributed by atoms with Crippen molar-refractivity contribution in [2.24, 2.45) is 11.3 Å². The van der Waals surface area contributed by atoms with Crippen molar-refractivity contribution < 1.29 is 19.4 Å². The van der Waals surface area contributed by atoms with E-state index in [2.05, 4.69) is 0 Å². The van der Waals surface area contributed by atoms with Crippen LogP contribution >= 0.6 is 0 Å². The fourth-order valence-electron chi connectivity index (χ4n) is 1.03. The monoisotopic (exact) mass is 230 g/mol. The molecule has 0 aromatic rings. The molecule has 2 unspecified atom stereocenters. The topological polar surface area (TPSA) is 63.6 Å². The molecule has 4 heteroatoms. The first kappa shape index (κ1) is 14.9. The zero-order valence-corrected chi connectivity index (χ0v) is 10.7. The van der Waals surface area contributed by atoms with Gasteiger partial charge in [0.2, 0.25) is 0 Å². The molecule has 0 rings (SSSR count). The predicted octanol–water partition coefficient (Wildman–Crippen LogP) is 2.47. The van der Waals surface area contributed by atoms with Crippen LogP contribution in [0.5, 0.6) is 0 Å². The summed E-state index contributed by atoms with van der Waals surface area (Å²) in [4.78, 5) is 22.1. The third kappa shape index (κ3) is 5.73. The van der Waals surface area contributed by atoms with Gasteiger partial charge in [-0.1, -0.05) is 6.92 Å². The van der Waals surface area contributed by atoms with Crippen LogP contribution in [0.4, 0.5) is 0 Å². The van der Waals surface area contributed by atoms with Crippen molar-refractivity contribution in [3.63, 3.8) is 0 Å². The molecule has 0 saturated carbocycles. The summed E-state index contributed by atoms with van der Waals surface area (Å²) in [5, 5.41) is 8.70. The molecule has 16 heavy (non-hydrogen) atoms. The third-order valence-corrected chi connectivity index (χ3v) is 2.35. The van der Waals surface area contributed by atoms with Gasteiger partial charge in [-0.25, -0.2) is 0 Å². The molecule has 0 radical (unpaired) electrons. The minimum Gasteiger partial charge on any atom is -0.481 e. The molecule has 0 aliphatic carbocycles. The van der Waals surface area contributed by atoms with Gasteiger partial charge in [0, 0.05) is 0 Å². The van der Waals surface area contributed by atoms with E-state index in [-0.39, 0.29) is 12.1 Å². The summed E-state index contributed by atoms with van der Waals surface area (Å²) in [5.74, 6) is -1.45. The van der Waals surface area contributed by atoms with Gasteiger partial charge in [-0.2, -0.15) is 0 Å². The molecule has 4 nitrogen and oxygen atoms in total. The lowest BCUT2D eigenvalue weighted by molar-refractivity contribution is -0.158. The Balaban J connectivity index is 3.96. The van der Waals surface area contributed by atoms with Gasteiger partial charge >= 0.3 is 11.9 Å². The van der Waals surface area contributed by atoms with E-state index in [1.165, 1.54) is 0 Å². The number of carboxylic acid groups (broad SMARTS) is 1. The number of rotatable bonds is 5. The zero-order chi connectivity index (χ0) is 12.9. The van der Waals surface area contributed by atoms with Crippen LogP contribution in [-0.2, 0) is 14.3 Å². The molecule has 94 valence electrons. The fourth-order valence-corrected chi connectivity index (χ4v) is 1.03. The van der Waals surface area contributed by atoms with Gasteiger partial charge in [0.25, 0.3) is 0 Å². The Hall–Kier alpha value is -1.06. The smallest absolute Gasteiger partial charge is 0.311 e. The van der Waals surface area contributed by atoms with Crippen molar-refractivity contribution in [3.8, 4) is 0 Å². The zero-order valence-electron chi connectivity index (χ0n) is 10.7. The molecule has 2 atom stereocenters. The van der Waals surface area contributed by atoms with Crippen LogP contribution in [0.15, 0.2) is 0 Å². The van der Waals surface area contributed by atoms with Crippen molar-refractivity contribution in [1.82, 2.24) is 0 Å². The van der Waals surface area contributed by atoms with E-state index in [4.69, 9.17) is 9.84 Å². The highest BCUT2D eigenvalue weighted by atomic mass is 16.5. The number of hydrogen-bond donors (Lipinski definition) is 1. The second kappa shape index (κ2) is 5.87. The number of hydrogen-bond acceptors (Lipinski definition) is 3. The Kier molecular flexibility index (Phi) is 5.48. The van der Waals surface area contributed by atoms with Gasteiger partial charge < -0.3 is 9.84 Å². The molecule has 0 aromatic carbocycles. The van der Waals surface area contributed by atoms with E-state index in [0.29, 0.717) is 12.8 Å². The van der Waals surface area contributed by atoms with E-state index in [0.717, 1.165) is 0 Å². The summed E-state index contributed by atoms with van der Waals surface area (Å²) in [6.07, 6.45) is 0.872. The Bertz CT molecular complexity index is 252. The SMILES string of the molecule is CC(CCC(C)C(=O)O)OC(=O)C(C)(C)C. The Morgan fingerprint density at radius 3 is 2.06 bits per heavy atom. The molecule has 0 fully saturated rings. The van der Waals surface area contributed by atoms with Gasteiger partial charge in [0.05, 0.1) is 17.4 Å². The molecule has 0 spiro atoms. The van der Waals surface area contributed by atoms with Gasteiger partial charge in [-0.05, 0) is 40.5 Å². The number of carbonyl (C=O) groups is 2. The number of carboxylic acids is 1. The molecule has 0 aromatic heterocycles. The van der Waals surface area contributed by atoms with Crippen LogP contribution in [0.2, 0.25) is 0 Å². The van der Waals surface area contributed by atoms with Crippen molar-refractivity contribution in [3.05, 3.63) is 0 Å². The Morgan fingerprint density at radius 1 is 1.19 bits per heavy atom. The molecule has 0 aliphatic heterocycles. The molecule has 1 N–H and O–H groups in total. The lowest BCUT2D eigenvalue weighted by Gasteiger charge is -2.21. The maximum atomic E-state index is 11.5. The van der Waals surface area contributed by atoms with Crippen molar-refractivity contribution in [2.45, 2.75) is 53.6 Å². The number of ether oxygens (including phenoxy) is 1. The second-order valence-corrected chi connectivity index (χ2v) is 5.28. The largest absolute Gasteiger partial charge is 0.481 e. The lowest BCUT2D eigenvalue weighted by atomic mass is 9.97. The first-order valence-corrected chi connectivity index (χ1v) is 5.58. The lowest BCUT2D eigenvalue weighted by Crippen LogP contribution is -2.27. The highest BCUT2D eigenvalue weighted by Crippen LogP contribution is 2.18. The Labute approximate surface area is 97.0 Å². The van der Waals surface area contributed by atoms with Crippen LogP contribution < -0.4 is 0 Å². The van der Waals surface area contributed by atoms with Crippen LogP contribution in [0.25, 0.3) is 0 Å². The van der Waals surface area contributed by atoms with E-state index in [1.54, 1.807) is 34.6 Å². The molecular formula is C12H22O4. The minimum atomic E-state index is -0.811. The summed E-state index contributed by atoms with van der Waals surface area (Å²) >= 11 is 0. The molecular weight excluding hydrogens is 208 g/mol. The van der Waals surface area contributed by atoms with Crippen LogP contribution in [-0.4, -0.2) is 23.1 Å². The fraction of sp³-hybridized carbons (Fsp3) is 0.833. The maximum Gasteiger partial charge on any atom is 0.311 e. The Morgan fingerprint density at radius 2 is 1.69 bits per heavy atom. The van der Waals surface area contributed by atoms with E-state index in [1.807, 2.05) is 0 Å². The highest BCUT2D eigenvalue weighted by Gasteiger charge is 2.25. The van der Waals surface area contributed by atoms with E-state index < -0.39 is 17.3 Å². The van der Waals surface area contributed by atoms with Crippen molar-refractivity contribution in [2.75, 3.05) is 0 Å². The summed E-state index contributed by atoms with van der Waals surface area (Å²) in [6.45, 7) is 8.82. The van der Waals surface area contributed by atoms with Crippen LogP contribution in [0.3, 0.4) is 0 Å². The number of carbonyl (C=O) groups excluding carboxylic acids is 1. The molecule has 0 heterocycles. The minimum absolute atomic E-state index is 0.228. The van der Waals surface area contributed by atoms with E-state index in [9.17, 15) is 9.59 Å². The standard InChI is InChI=1S/C12H22O4/c1-8(10(13)14)6-7-9(2)16-11(15)12(3,4)5/h8-9H,6-7H2,1-5H3,(H,13,14). The highest BCUT2D eigenvalue weighted by molar-refractivity contribution is 5.75. The summed E-state index contributed by atoms with van der Waals surface area (Å²) < 4.78 is 5.21. The van der Waals surface area contributed by atoms with Crippen molar-refractivity contribution in [1.29, 1.82) is 0 Å². The van der Waals surface area contributed by atoms with Gasteiger partial charge in [-0.15, -0.1) is 0 Å².